The van der Waals surface area contributed by atoms with Gasteiger partial charge in [0.1, 0.15) is 6.17 Å². The first-order valence-electron chi connectivity index (χ1n) is 8.12. The SMILES string of the molecule is NS(=O)(=O)c1cccc(-c2cnn(Cc3ccccn3)c2)c1C1NNNN1. The lowest BCUT2D eigenvalue weighted by atomic mass is 10.0. The molecule has 0 amide bonds. The van der Waals surface area contributed by atoms with Gasteiger partial charge in [0, 0.05) is 23.5 Å². The maximum Gasteiger partial charge on any atom is 0.238 e. The van der Waals surface area contributed by atoms with Gasteiger partial charge in [-0.15, -0.1) is 0 Å². The minimum Gasteiger partial charge on any atom is -0.266 e. The molecule has 0 spiro atoms. The minimum absolute atomic E-state index is 0.0352. The van der Waals surface area contributed by atoms with Crippen molar-refractivity contribution in [3.63, 3.8) is 0 Å². The van der Waals surface area contributed by atoms with Crippen LogP contribution in [0.1, 0.15) is 17.4 Å². The zero-order valence-corrected chi connectivity index (χ0v) is 14.9. The Bertz CT molecular complexity index is 1050. The summed E-state index contributed by atoms with van der Waals surface area (Å²) in [7, 11) is -3.92. The Morgan fingerprint density at radius 1 is 1.11 bits per heavy atom. The third kappa shape index (κ3) is 3.73. The minimum atomic E-state index is -3.92. The van der Waals surface area contributed by atoms with Gasteiger partial charge in [-0.3, -0.25) is 9.67 Å². The molecule has 10 nitrogen and oxygen atoms in total. The van der Waals surface area contributed by atoms with Crippen LogP contribution in [-0.2, 0) is 16.6 Å². The third-order valence-electron chi connectivity index (χ3n) is 4.15. The Hall–Kier alpha value is -2.67. The van der Waals surface area contributed by atoms with E-state index >= 15 is 0 Å². The van der Waals surface area contributed by atoms with E-state index < -0.39 is 16.2 Å². The molecule has 0 atom stereocenters. The van der Waals surface area contributed by atoms with E-state index in [1.165, 1.54) is 6.07 Å². The van der Waals surface area contributed by atoms with Crippen LogP contribution in [0.15, 0.2) is 59.9 Å². The summed E-state index contributed by atoms with van der Waals surface area (Å²) in [6, 6.07) is 10.6. The normalized spacial score (nSPS) is 15.3. The summed E-state index contributed by atoms with van der Waals surface area (Å²) < 4.78 is 25.9. The standard InChI is InChI=1S/C16H18N8O2S/c17-27(25,26)14-6-3-5-13(15(14)16-20-22-23-21-16)11-8-19-24(9-11)10-12-4-1-2-7-18-12/h1-9,16,20-23H,10H2,(H2,17,25,26). The molecule has 0 aliphatic carbocycles. The Morgan fingerprint density at radius 3 is 2.63 bits per heavy atom. The van der Waals surface area contributed by atoms with Crippen LogP contribution in [-0.4, -0.2) is 23.2 Å². The fourth-order valence-corrected chi connectivity index (χ4v) is 3.79. The number of rotatable bonds is 5. The number of hydrogen-bond donors (Lipinski definition) is 5. The molecular formula is C16H18N8O2S. The van der Waals surface area contributed by atoms with Crippen molar-refractivity contribution in [2.75, 3.05) is 0 Å². The van der Waals surface area contributed by atoms with Crippen LogP contribution >= 0.6 is 0 Å². The molecule has 2 aromatic heterocycles. The Labute approximate surface area is 155 Å². The van der Waals surface area contributed by atoms with E-state index in [0.29, 0.717) is 17.7 Å². The van der Waals surface area contributed by atoms with Crippen LogP contribution in [0.3, 0.4) is 0 Å². The van der Waals surface area contributed by atoms with Gasteiger partial charge in [-0.25, -0.2) is 24.4 Å². The number of sulfonamides is 1. The lowest BCUT2D eigenvalue weighted by molar-refractivity contribution is 0.540. The van der Waals surface area contributed by atoms with Gasteiger partial charge in [0.2, 0.25) is 10.0 Å². The third-order valence-corrected chi connectivity index (χ3v) is 5.12. The zero-order valence-electron chi connectivity index (χ0n) is 14.1. The number of nitrogens with two attached hydrogens (primary N) is 1. The largest absolute Gasteiger partial charge is 0.266 e. The molecule has 6 N–H and O–H groups in total. The topological polar surface area (TPSA) is 139 Å². The molecule has 0 unspecified atom stereocenters. The molecule has 1 aromatic carbocycles. The van der Waals surface area contributed by atoms with Crippen molar-refractivity contribution in [1.29, 1.82) is 0 Å². The average Bonchev–Trinajstić information content (AvgIpc) is 3.33. The summed E-state index contributed by atoms with van der Waals surface area (Å²) >= 11 is 0. The van der Waals surface area contributed by atoms with E-state index in [2.05, 4.69) is 32.0 Å². The number of primary sulfonamides is 1. The maximum atomic E-state index is 12.1. The van der Waals surface area contributed by atoms with Crippen molar-refractivity contribution < 1.29 is 8.42 Å². The van der Waals surface area contributed by atoms with E-state index in [9.17, 15) is 8.42 Å². The van der Waals surface area contributed by atoms with Crippen molar-refractivity contribution in [3.8, 4) is 11.1 Å². The van der Waals surface area contributed by atoms with Gasteiger partial charge in [-0.2, -0.15) is 16.2 Å². The van der Waals surface area contributed by atoms with Crippen LogP contribution in [0.25, 0.3) is 11.1 Å². The summed E-state index contributed by atoms with van der Waals surface area (Å²) in [4.78, 5) is 4.32. The lowest BCUT2D eigenvalue weighted by Crippen LogP contribution is -2.33. The molecule has 11 heteroatoms. The number of nitrogens with zero attached hydrogens (tertiary/aromatic N) is 3. The second-order valence-electron chi connectivity index (χ2n) is 5.98. The second-order valence-corrected chi connectivity index (χ2v) is 7.51. The molecule has 27 heavy (non-hydrogen) atoms. The molecule has 1 aliphatic heterocycles. The van der Waals surface area contributed by atoms with Gasteiger partial charge < -0.3 is 0 Å². The lowest BCUT2D eigenvalue weighted by Gasteiger charge is -2.17. The summed E-state index contributed by atoms with van der Waals surface area (Å²) in [6.45, 7) is 0.508. The number of pyridine rings is 1. The van der Waals surface area contributed by atoms with E-state index in [1.54, 1.807) is 23.1 Å². The molecule has 4 rings (SSSR count). The molecular weight excluding hydrogens is 368 g/mol. The predicted molar refractivity (Wildman–Crippen MR) is 97.7 cm³/mol. The number of aromatic nitrogens is 3. The highest BCUT2D eigenvalue weighted by Gasteiger charge is 2.27. The van der Waals surface area contributed by atoms with Crippen LogP contribution in [0.4, 0.5) is 0 Å². The van der Waals surface area contributed by atoms with Crippen molar-refractivity contribution in [3.05, 3.63) is 66.2 Å². The molecule has 0 bridgehead atoms. The number of benzene rings is 1. The molecule has 3 heterocycles. The van der Waals surface area contributed by atoms with Crippen LogP contribution < -0.4 is 27.1 Å². The smallest absolute Gasteiger partial charge is 0.238 e. The van der Waals surface area contributed by atoms with Crippen LogP contribution in [0.5, 0.6) is 0 Å². The summed E-state index contributed by atoms with van der Waals surface area (Å²) in [5.41, 5.74) is 14.0. The molecule has 1 aliphatic rings. The van der Waals surface area contributed by atoms with Gasteiger partial charge in [0.25, 0.3) is 0 Å². The second kappa shape index (κ2) is 7.15. The summed E-state index contributed by atoms with van der Waals surface area (Å²) in [5, 5.41) is 9.80. The highest BCUT2D eigenvalue weighted by molar-refractivity contribution is 7.89. The number of nitrogens with one attached hydrogen (secondary N) is 4. The van der Waals surface area contributed by atoms with E-state index in [4.69, 9.17) is 5.14 Å². The summed E-state index contributed by atoms with van der Waals surface area (Å²) in [5.74, 6) is 0. The van der Waals surface area contributed by atoms with Gasteiger partial charge >= 0.3 is 0 Å². The molecule has 140 valence electrons. The van der Waals surface area contributed by atoms with Gasteiger partial charge in [0.05, 0.1) is 23.3 Å². The van der Waals surface area contributed by atoms with E-state index in [-0.39, 0.29) is 4.90 Å². The molecule has 1 fully saturated rings. The van der Waals surface area contributed by atoms with Crippen LogP contribution in [0, 0.1) is 0 Å². The van der Waals surface area contributed by atoms with Gasteiger partial charge in [0.15, 0.2) is 0 Å². The van der Waals surface area contributed by atoms with Crippen molar-refractivity contribution in [2.45, 2.75) is 17.6 Å². The number of hydrogen-bond acceptors (Lipinski definition) is 8. The molecule has 3 aromatic rings. The van der Waals surface area contributed by atoms with Crippen molar-refractivity contribution in [1.82, 2.24) is 36.7 Å². The first kappa shape index (κ1) is 17.7. The van der Waals surface area contributed by atoms with E-state index in [0.717, 1.165) is 11.3 Å². The number of hydrazine groups is 3. The fraction of sp³-hybridized carbons (Fsp3) is 0.125. The summed E-state index contributed by atoms with van der Waals surface area (Å²) in [6.07, 6.45) is 4.75. The predicted octanol–water partition coefficient (Wildman–Crippen LogP) is -0.244. The van der Waals surface area contributed by atoms with Crippen molar-refractivity contribution in [2.24, 2.45) is 5.14 Å². The van der Waals surface area contributed by atoms with Gasteiger partial charge in [-0.05, 0) is 23.8 Å². The van der Waals surface area contributed by atoms with E-state index in [1.807, 2.05) is 30.5 Å². The fourth-order valence-electron chi connectivity index (χ4n) is 2.99. The monoisotopic (exact) mass is 386 g/mol. The molecule has 0 saturated carbocycles. The average molecular weight is 386 g/mol. The molecule has 1 saturated heterocycles. The quantitative estimate of drug-likeness (QED) is 0.405. The maximum absolute atomic E-state index is 12.1. The molecule has 0 radical (unpaired) electrons. The zero-order chi connectivity index (χ0) is 18.9. The first-order chi connectivity index (χ1) is 13.0. The Kier molecular flexibility index (Phi) is 4.70. The highest BCUT2D eigenvalue weighted by Crippen LogP contribution is 2.32. The van der Waals surface area contributed by atoms with Crippen LogP contribution in [0.2, 0.25) is 0 Å². The Morgan fingerprint density at radius 2 is 1.93 bits per heavy atom. The Balaban J connectivity index is 1.75. The first-order valence-corrected chi connectivity index (χ1v) is 9.66. The van der Waals surface area contributed by atoms with Crippen molar-refractivity contribution >= 4 is 10.0 Å². The highest BCUT2D eigenvalue weighted by atomic mass is 32.2. The van der Waals surface area contributed by atoms with Gasteiger partial charge in [-0.1, -0.05) is 18.2 Å².